The smallest absolute Gasteiger partial charge is 0.309 e. The van der Waals surface area contributed by atoms with Crippen LogP contribution in [0, 0.1) is 0 Å². The van der Waals surface area contributed by atoms with E-state index in [0.717, 1.165) is 16.3 Å². The maximum absolute atomic E-state index is 11.1. The Labute approximate surface area is 98.4 Å². The van der Waals surface area contributed by atoms with Crippen LogP contribution in [0.2, 0.25) is 0 Å². The molecule has 4 heteroatoms. The molecule has 0 aromatic heterocycles. The van der Waals surface area contributed by atoms with Crippen LogP contribution in [0.3, 0.4) is 0 Å². The number of primary amides is 1. The molecule has 0 radical (unpaired) electrons. The molecular weight excluding hydrogens is 216 g/mol. The van der Waals surface area contributed by atoms with Gasteiger partial charge < -0.3 is 11.1 Å². The third-order valence-corrected chi connectivity index (χ3v) is 2.54. The summed E-state index contributed by atoms with van der Waals surface area (Å²) in [5, 5.41) is 4.63. The van der Waals surface area contributed by atoms with Crippen molar-refractivity contribution >= 4 is 22.6 Å². The molecule has 0 aliphatic heterocycles. The fourth-order valence-corrected chi connectivity index (χ4v) is 1.71. The molecule has 0 saturated heterocycles. The maximum Gasteiger partial charge on any atom is 0.309 e. The summed E-state index contributed by atoms with van der Waals surface area (Å²) in [6.45, 7) is 0.295. The first-order valence-electron chi connectivity index (χ1n) is 5.23. The number of benzene rings is 2. The fourth-order valence-electron chi connectivity index (χ4n) is 1.71. The van der Waals surface area contributed by atoms with Crippen LogP contribution in [0.4, 0.5) is 0 Å². The molecule has 3 N–H and O–H groups in total. The molecular formula is C13H12N2O2. The van der Waals surface area contributed by atoms with Gasteiger partial charge in [0.1, 0.15) is 0 Å². The number of carbonyl (C=O) groups excluding carboxylic acids is 2. The Morgan fingerprint density at radius 3 is 2.53 bits per heavy atom. The zero-order chi connectivity index (χ0) is 12.3. The predicted octanol–water partition coefficient (Wildman–Crippen LogP) is 0.941. The Kier molecular flexibility index (Phi) is 3.05. The van der Waals surface area contributed by atoms with E-state index in [1.165, 1.54) is 0 Å². The first-order chi connectivity index (χ1) is 8.18. The van der Waals surface area contributed by atoms with Gasteiger partial charge in [-0.15, -0.1) is 0 Å². The highest BCUT2D eigenvalue weighted by Gasteiger charge is 2.08. The summed E-state index contributed by atoms with van der Waals surface area (Å²) in [4.78, 5) is 21.7. The molecule has 0 spiro atoms. The van der Waals surface area contributed by atoms with Gasteiger partial charge >= 0.3 is 11.8 Å². The second-order valence-electron chi connectivity index (χ2n) is 3.69. The van der Waals surface area contributed by atoms with E-state index in [-0.39, 0.29) is 0 Å². The minimum absolute atomic E-state index is 0.295. The molecule has 0 unspecified atom stereocenters. The molecule has 17 heavy (non-hydrogen) atoms. The number of hydrogen-bond acceptors (Lipinski definition) is 2. The number of hydrogen-bond donors (Lipinski definition) is 2. The standard InChI is InChI=1S/C13H12N2O2/c14-12(16)13(17)15-8-10-6-3-5-9-4-1-2-7-11(9)10/h1-7H,8H2,(H2,14,16)(H,15,17). The molecule has 0 aliphatic rings. The van der Waals surface area contributed by atoms with Crippen molar-refractivity contribution in [3.8, 4) is 0 Å². The second-order valence-corrected chi connectivity index (χ2v) is 3.69. The van der Waals surface area contributed by atoms with E-state index in [4.69, 9.17) is 5.73 Å². The maximum atomic E-state index is 11.1. The average molecular weight is 228 g/mol. The third-order valence-electron chi connectivity index (χ3n) is 2.54. The van der Waals surface area contributed by atoms with Gasteiger partial charge in [0.2, 0.25) is 0 Å². The molecule has 0 saturated carbocycles. The Morgan fingerprint density at radius 1 is 1.06 bits per heavy atom. The quantitative estimate of drug-likeness (QED) is 0.751. The van der Waals surface area contributed by atoms with Crippen LogP contribution in [-0.4, -0.2) is 11.8 Å². The van der Waals surface area contributed by atoms with Gasteiger partial charge in [0.25, 0.3) is 0 Å². The van der Waals surface area contributed by atoms with E-state index >= 15 is 0 Å². The van der Waals surface area contributed by atoms with E-state index in [2.05, 4.69) is 5.32 Å². The SMILES string of the molecule is NC(=O)C(=O)NCc1cccc2ccccc12. The molecule has 4 nitrogen and oxygen atoms in total. The summed E-state index contributed by atoms with van der Waals surface area (Å²) in [5.74, 6) is -1.73. The van der Waals surface area contributed by atoms with Crippen molar-refractivity contribution < 1.29 is 9.59 Å². The van der Waals surface area contributed by atoms with Gasteiger partial charge in [-0.05, 0) is 16.3 Å². The van der Waals surface area contributed by atoms with Gasteiger partial charge in [0.15, 0.2) is 0 Å². The number of nitrogens with one attached hydrogen (secondary N) is 1. The summed E-state index contributed by atoms with van der Waals surface area (Å²) in [6, 6.07) is 13.7. The van der Waals surface area contributed by atoms with E-state index in [0.29, 0.717) is 6.54 Å². The van der Waals surface area contributed by atoms with E-state index in [1.807, 2.05) is 42.5 Å². The lowest BCUT2D eigenvalue weighted by Crippen LogP contribution is -2.35. The van der Waals surface area contributed by atoms with Gasteiger partial charge in [-0.1, -0.05) is 42.5 Å². The van der Waals surface area contributed by atoms with Crippen molar-refractivity contribution in [3.63, 3.8) is 0 Å². The first-order valence-corrected chi connectivity index (χ1v) is 5.23. The number of fused-ring (bicyclic) bond motifs is 1. The Bertz CT molecular complexity index is 573. The van der Waals surface area contributed by atoms with Crippen molar-refractivity contribution in [2.24, 2.45) is 5.73 Å². The van der Waals surface area contributed by atoms with Crippen molar-refractivity contribution in [3.05, 3.63) is 48.0 Å². The summed E-state index contributed by atoms with van der Waals surface area (Å²) in [7, 11) is 0. The second kappa shape index (κ2) is 4.65. The van der Waals surface area contributed by atoms with Gasteiger partial charge in [0.05, 0.1) is 0 Å². The van der Waals surface area contributed by atoms with Gasteiger partial charge in [-0.2, -0.15) is 0 Å². The van der Waals surface area contributed by atoms with Crippen LogP contribution in [0.1, 0.15) is 5.56 Å². The molecule has 0 heterocycles. The highest BCUT2D eigenvalue weighted by Crippen LogP contribution is 2.17. The van der Waals surface area contributed by atoms with Gasteiger partial charge in [-0.3, -0.25) is 9.59 Å². The highest BCUT2D eigenvalue weighted by atomic mass is 16.2. The predicted molar refractivity (Wildman–Crippen MR) is 65.0 cm³/mol. The van der Waals surface area contributed by atoms with Crippen LogP contribution < -0.4 is 11.1 Å². The molecule has 2 rings (SSSR count). The Hall–Kier alpha value is -2.36. The lowest BCUT2D eigenvalue weighted by atomic mass is 10.0. The average Bonchev–Trinajstić information content (AvgIpc) is 2.35. The summed E-state index contributed by atoms with van der Waals surface area (Å²) in [6.07, 6.45) is 0. The zero-order valence-electron chi connectivity index (χ0n) is 9.14. The van der Waals surface area contributed by atoms with Crippen LogP contribution >= 0.6 is 0 Å². The van der Waals surface area contributed by atoms with Gasteiger partial charge in [0, 0.05) is 6.54 Å². The lowest BCUT2D eigenvalue weighted by molar-refractivity contribution is -0.137. The monoisotopic (exact) mass is 228 g/mol. The van der Waals surface area contributed by atoms with Crippen molar-refractivity contribution in [2.75, 3.05) is 0 Å². The number of nitrogens with two attached hydrogens (primary N) is 1. The Balaban J connectivity index is 2.24. The molecule has 2 aromatic carbocycles. The van der Waals surface area contributed by atoms with E-state index in [9.17, 15) is 9.59 Å². The molecule has 86 valence electrons. The summed E-state index contributed by atoms with van der Waals surface area (Å²) in [5.41, 5.74) is 5.82. The van der Waals surface area contributed by atoms with Crippen molar-refractivity contribution in [1.29, 1.82) is 0 Å². The van der Waals surface area contributed by atoms with E-state index in [1.54, 1.807) is 0 Å². The lowest BCUT2D eigenvalue weighted by Gasteiger charge is -2.06. The van der Waals surface area contributed by atoms with Crippen molar-refractivity contribution in [1.82, 2.24) is 5.32 Å². The van der Waals surface area contributed by atoms with Crippen LogP contribution in [0.5, 0.6) is 0 Å². The molecule has 2 aromatic rings. The first kappa shape index (κ1) is 11.1. The molecule has 0 bridgehead atoms. The Morgan fingerprint density at radius 2 is 1.76 bits per heavy atom. The van der Waals surface area contributed by atoms with Crippen molar-refractivity contribution in [2.45, 2.75) is 6.54 Å². The number of amides is 2. The highest BCUT2D eigenvalue weighted by molar-refractivity contribution is 6.34. The number of carbonyl (C=O) groups is 2. The zero-order valence-corrected chi connectivity index (χ0v) is 9.14. The van der Waals surface area contributed by atoms with E-state index < -0.39 is 11.8 Å². The summed E-state index contributed by atoms with van der Waals surface area (Å²) < 4.78 is 0. The normalized spacial score (nSPS) is 10.1. The third kappa shape index (κ3) is 2.42. The van der Waals surface area contributed by atoms with Gasteiger partial charge in [-0.25, -0.2) is 0 Å². The largest absolute Gasteiger partial charge is 0.361 e. The fraction of sp³-hybridized carbons (Fsp3) is 0.0769. The molecule has 0 aliphatic carbocycles. The van der Waals surface area contributed by atoms with Crippen LogP contribution in [0.25, 0.3) is 10.8 Å². The molecule has 0 fully saturated rings. The summed E-state index contributed by atoms with van der Waals surface area (Å²) >= 11 is 0. The minimum Gasteiger partial charge on any atom is -0.361 e. The van der Waals surface area contributed by atoms with Crippen LogP contribution in [0.15, 0.2) is 42.5 Å². The van der Waals surface area contributed by atoms with Crippen LogP contribution in [-0.2, 0) is 16.1 Å². The molecule has 0 atom stereocenters. The minimum atomic E-state index is -0.967. The number of rotatable bonds is 2. The topological polar surface area (TPSA) is 72.2 Å². The molecule has 2 amide bonds.